The van der Waals surface area contributed by atoms with Gasteiger partial charge in [-0.2, -0.15) is 17.6 Å². The fourth-order valence-corrected chi connectivity index (χ4v) is 4.66. The zero-order valence-electron chi connectivity index (χ0n) is 20.3. The fourth-order valence-electron chi connectivity index (χ4n) is 3.83. The molecule has 2 heterocycles. The number of aromatic nitrogens is 2. The summed E-state index contributed by atoms with van der Waals surface area (Å²) in [6.07, 6.45) is 3.40. The monoisotopic (exact) mass is 523 g/mol. The van der Waals surface area contributed by atoms with Crippen LogP contribution < -0.4 is 4.90 Å². The van der Waals surface area contributed by atoms with Crippen LogP contribution in [0.1, 0.15) is 63.5 Å². The molecule has 0 aliphatic heterocycles. The number of hydrogen-bond acceptors (Lipinski definition) is 5. The predicted molar refractivity (Wildman–Crippen MR) is 133 cm³/mol. The van der Waals surface area contributed by atoms with Crippen molar-refractivity contribution in [2.24, 2.45) is 0 Å². The number of ether oxygens (including phenoxy) is 1. The maximum Gasteiger partial charge on any atom is 0.420 e. The van der Waals surface area contributed by atoms with Crippen LogP contribution in [0.4, 0.5) is 33.2 Å². The van der Waals surface area contributed by atoms with Gasteiger partial charge < -0.3 is 4.74 Å². The van der Waals surface area contributed by atoms with Gasteiger partial charge in [-0.3, -0.25) is 4.98 Å². The molecule has 0 spiro atoms. The summed E-state index contributed by atoms with van der Waals surface area (Å²) in [5.74, 6) is 0. The van der Waals surface area contributed by atoms with Crippen LogP contribution in [0, 0.1) is 5.13 Å². The van der Waals surface area contributed by atoms with E-state index >= 15 is 0 Å². The number of halogens is 4. The van der Waals surface area contributed by atoms with Crippen LogP contribution in [0.5, 0.6) is 0 Å². The molecule has 10 heteroatoms. The van der Waals surface area contributed by atoms with Gasteiger partial charge in [0.05, 0.1) is 17.9 Å². The van der Waals surface area contributed by atoms with Crippen LogP contribution >= 0.6 is 11.3 Å². The molecule has 0 bridgehead atoms. The Labute approximate surface area is 212 Å². The summed E-state index contributed by atoms with van der Waals surface area (Å²) < 4.78 is 61.8. The second-order valence-electron chi connectivity index (χ2n) is 8.25. The lowest BCUT2D eigenvalue weighted by atomic mass is 9.99. The van der Waals surface area contributed by atoms with E-state index in [1.54, 1.807) is 19.1 Å². The molecule has 0 aliphatic rings. The number of unbranched alkanes of at least 4 members (excludes halogenated alkanes) is 5. The van der Waals surface area contributed by atoms with E-state index in [-0.39, 0.29) is 35.1 Å². The Bertz CT molecular complexity index is 1140. The maximum absolute atomic E-state index is 14.8. The first-order valence-corrected chi connectivity index (χ1v) is 12.8. The third-order valence-electron chi connectivity index (χ3n) is 5.61. The standard InChI is InChI=1S/C26H29F4N3O2S/c1-3-5-6-7-8-9-11-18-13-14-20(16-21(18)26(28,29)30)33(25(34)35-4-2)24-32-22(23(27)36-24)19-12-10-15-31-17-19/h10,12-17H,3-9,11H2,1-2H3. The van der Waals surface area contributed by atoms with Crippen LogP contribution in [-0.2, 0) is 17.3 Å². The van der Waals surface area contributed by atoms with Crippen LogP contribution in [0.25, 0.3) is 11.3 Å². The quantitative estimate of drug-likeness (QED) is 0.187. The van der Waals surface area contributed by atoms with Gasteiger partial charge in [0.25, 0.3) is 0 Å². The van der Waals surface area contributed by atoms with E-state index in [1.165, 1.54) is 24.5 Å². The van der Waals surface area contributed by atoms with Crippen molar-refractivity contribution in [1.82, 2.24) is 9.97 Å². The molecule has 3 aromatic rings. The first kappa shape index (κ1) is 27.6. The van der Waals surface area contributed by atoms with Crippen molar-refractivity contribution in [3.05, 3.63) is 59.0 Å². The highest BCUT2D eigenvalue weighted by atomic mass is 32.1. The molecule has 3 rings (SSSR count). The molecule has 5 nitrogen and oxygen atoms in total. The summed E-state index contributed by atoms with van der Waals surface area (Å²) in [5, 5.41) is -0.829. The van der Waals surface area contributed by atoms with Gasteiger partial charge >= 0.3 is 12.3 Å². The number of carbonyl (C=O) groups is 1. The lowest BCUT2D eigenvalue weighted by molar-refractivity contribution is -0.138. The van der Waals surface area contributed by atoms with Gasteiger partial charge in [-0.15, -0.1) is 0 Å². The lowest BCUT2D eigenvalue weighted by Crippen LogP contribution is -2.27. The van der Waals surface area contributed by atoms with Gasteiger partial charge in [0.1, 0.15) is 5.69 Å². The molecule has 0 unspecified atom stereocenters. The maximum atomic E-state index is 14.8. The van der Waals surface area contributed by atoms with Gasteiger partial charge in [0.2, 0.25) is 10.3 Å². The van der Waals surface area contributed by atoms with E-state index in [0.717, 1.165) is 43.1 Å². The van der Waals surface area contributed by atoms with Gasteiger partial charge in [-0.05, 0) is 49.6 Å². The number of amides is 1. The molecule has 2 aromatic heterocycles. The van der Waals surface area contributed by atoms with Gasteiger partial charge in [0, 0.05) is 18.0 Å². The summed E-state index contributed by atoms with van der Waals surface area (Å²) >= 11 is 0.545. The topological polar surface area (TPSA) is 55.3 Å². The van der Waals surface area contributed by atoms with Crippen LogP contribution in [-0.4, -0.2) is 22.7 Å². The van der Waals surface area contributed by atoms with E-state index in [4.69, 9.17) is 4.74 Å². The summed E-state index contributed by atoms with van der Waals surface area (Å²) in [7, 11) is 0. The van der Waals surface area contributed by atoms with Crippen LogP contribution in [0.15, 0.2) is 42.7 Å². The Hall–Kier alpha value is -3.01. The van der Waals surface area contributed by atoms with Crippen molar-refractivity contribution in [1.29, 1.82) is 0 Å². The molecule has 0 N–H and O–H groups in total. The van der Waals surface area contributed by atoms with Crippen molar-refractivity contribution in [2.75, 3.05) is 11.5 Å². The summed E-state index contributed by atoms with van der Waals surface area (Å²) in [5.41, 5.74) is -0.432. The molecule has 0 fully saturated rings. The Morgan fingerprint density at radius 3 is 2.50 bits per heavy atom. The van der Waals surface area contributed by atoms with Crippen molar-refractivity contribution >= 4 is 28.2 Å². The average molecular weight is 524 g/mol. The fraction of sp³-hybridized carbons (Fsp3) is 0.423. The predicted octanol–water partition coefficient (Wildman–Crippen LogP) is 8.56. The number of aryl methyl sites for hydroxylation is 1. The lowest BCUT2D eigenvalue weighted by Gasteiger charge is -2.22. The highest BCUT2D eigenvalue weighted by molar-refractivity contribution is 7.14. The van der Waals surface area contributed by atoms with Crippen molar-refractivity contribution in [2.45, 2.75) is 65.0 Å². The number of benzene rings is 1. The highest BCUT2D eigenvalue weighted by Gasteiger charge is 2.35. The smallest absolute Gasteiger partial charge is 0.420 e. The number of hydrogen-bond donors (Lipinski definition) is 0. The summed E-state index contributed by atoms with van der Waals surface area (Å²) in [4.78, 5) is 21.8. The second-order valence-corrected chi connectivity index (χ2v) is 9.18. The van der Waals surface area contributed by atoms with Crippen LogP contribution in [0.2, 0.25) is 0 Å². The van der Waals surface area contributed by atoms with E-state index < -0.39 is 23.0 Å². The number of nitrogens with zero attached hydrogens (tertiary/aromatic N) is 3. The molecule has 1 amide bonds. The van der Waals surface area contributed by atoms with Crippen molar-refractivity contribution in [3.8, 4) is 11.3 Å². The van der Waals surface area contributed by atoms with Gasteiger partial charge in [0.15, 0.2) is 0 Å². The highest BCUT2D eigenvalue weighted by Crippen LogP contribution is 2.39. The van der Waals surface area contributed by atoms with Gasteiger partial charge in [-0.1, -0.05) is 56.4 Å². The third kappa shape index (κ3) is 7.02. The Kier molecular flexibility index (Phi) is 9.81. The molecule has 0 radical (unpaired) electrons. The normalized spacial score (nSPS) is 11.5. The number of rotatable bonds is 11. The molecule has 1 aromatic carbocycles. The number of alkyl halides is 3. The zero-order valence-corrected chi connectivity index (χ0v) is 21.1. The van der Waals surface area contributed by atoms with E-state index in [2.05, 4.69) is 16.9 Å². The minimum atomic E-state index is -4.62. The van der Waals surface area contributed by atoms with E-state index in [9.17, 15) is 22.4 Å². The summed E-state index contributed by atoms with van der Waals surface area (Å²) in [6.45, 7) is 3.67. The SMILES string of the molecule is CCCCCCCCc1ccc(N(C(=O)OCC)c2nc(-c3cccnc3)c(F)s2)cc1C(F)(F)F. The zero-order chi connectivity index (χ0) is 26.1. The largest absolute Gasteiger partial charge is 0.449 e. The van der Waals surface area contributed by atoms with Crippen molar-refractivity contribution < 1.29 is 27.1 Å². The van der Waals surface area contributed by atoms with E-state index in [0.29, 0.717) is 23.3 Å². The Balaban J connectivity index is 1.95. The van der Waals surface area contributed by atoms with Crippen molar-refractivity contribution in [3.63, 3.8) is 0 Å². The Morgan fingerprint density at radius 2 is 1.83 bits per heavy atom. The third-order valence-corrected chi connectivity index (χ3v) is 6.44. The number of carbonyl (C=O) groups excluding carboxylic acids is 1. The molecular weight excluding hydrogens is 494 g/mol. The van der Waals surface area contributed by atoms with Crippen LogP contribution in [0.3, 0.4) is 0 Å². The molecule has 0 saturated heterocycles. The first-order valence-electron chi connectivity index (χ1n) is 12.0. The minimum absolute atomic E-state index is 0.0130. The molecule has 0 aliphatic carbocycles. The molecular formula is C26H29F4N3O2S. The first-order chi connectivity index (χ1) is 17.3. The second kappa shape index (κ2) is 12.8. The molecule has 194 valence electrons. The number of anilines is 2. The van der Waals surface area contributed by atoms with E-state index in [1.807, 2.05) is 0 Å². The molecule has 0 saturated carbocycles. The molecule has 36 heavy (non-hydrogen) atoms. The Morgan fingerprint density at radius 1 is 1.08 bits per heavy atom. The minimum Gasteiger partial charge on any atom is -0.449 e. The summed E-state index contributed by atoms with van der Waals surface area (Å²) in [6, 6.07) is 6.91. The molecule has 0 atom stereocenters. The average Bonchev–Trinajstić information content (AvgIpc) is 3.23. The van der Waals surface area contributed by atoms with Gasteiger partial charge in [-0.25, -0.2) is 14.7 Å². The number of thiazole rings is 1. The number of pyridine rings is 1.